The number of amides is 1. The first-order chi connectivity index (χ1) is 13.0. The number of rotatable bonds is 5. The highest BCUT2D eigenvalue weighted by Gasteiger charge is 2.28. The molecule has 1 heterocycles. The molecule has 2 aromatic rings. The van der Waals surface area contributed by atoms with Crippen molar-refractivity contribution in [3.05, 3.63) is 81.6 Å². The average molecular weight is 366 g/mol. The lowest BCUT2D eigenvalue weighted by Crippen LogP contribution is -2.24. The number of aryl methyl sites for hydroxylation is 1. The number of carbonyl (C=O) groups excluding carboxylic acids is 2. The molecule has 0 fully saturated rings. The van der Waals surface area contributed by atoms with Gasteiger partial charge in [0.2, 0.25) is 0 Å². The van der Waals surface area contributed by atoms with E-state index in [1.54, 1.807) is 12.1 Å². The van der Waals surface area contributed by atoms with Crippen molar-refractivity contribution < 1.29 is 19.2 Å². The van der Waals surface area contributed by atoms with Gasteiger partial charge in [0.05, 0.1) is 11.3 Å². The van der Waals surface area contributed by atoms with Crippen LogP contribution in [-0.2, 0) is 20.7 Å². The molecule has 1 unspecified atom stereocenters. The molecule has 0 aromatic heterocycles. The highest BCUT2D eigenvalue weighted by molar-refractivity contribution is 6.07. The van der Waals surface area contributed by atoms with Crippen molar-refractivity contribution in [3.8, 4) is 0 Å². The number of ketones is 1. The van der Waals surface area contributed by atoms with Crippen molar-refractivity contribution in [1.29, 1.82) is 0 Å². The normalized spacial score (nSPS) is 16.3. The number of para-hydroxylation sites is 1. The first-order valence-corrected chi connectivity index (χ1v) is 8.52. The summed E-state index contributed by atoms with van der Waals surface area (Å²) in [7, 11) is 0. The maximum atomic E-state index is 12.6. The number of nitrogens with one attached hydrogen (secondary N) is 1. The number of allylic oxidation sites excluding steroid dienone is 1. The Balaban J connectivity index is 1.80. The standard InChI is InChI=1S/C20H18N2O5/c1-2-13-6-3-4-9-17(13)21-20(24)19-12-16(23)11-18(27-19)14-7-5-8-15(10-14)22(25)26/h3-10,12,18H,2,11H2,1H3,(H,21,24). The molecule has 7 heteroatoms. The van der Waals surface area contributed by atoms with Gasteiger partial charge in [-0.15, -0.1) is 0 Å². The van der Waals surface area contributed by atoms with Crippen LogP contribution in [0.4, 0.5) is 11.4 Å². The summed E-state index contributed by atoms with van der Waals surface area (Å²) in [6.45, 7) is 1.98. The van der Waals surface area contributed by atoms with Crippen LogP contribution in [0.1, 0.15) is 30.6 Å². The predicted octanol–water partition coefficient (Wildman–Crippen LogP) is 3.71. The third kappa shape index (κ3) is 4.20. The van der Waals surface area contributed by atoms with E-state index in [2.05, 4.69) is 5.32 Å². The number of nitro groups is 1. The molecule has 1 aliphatic heterocycles. The monoisotopic (exact) mass is 366 g/mol. The number of nitro benzene ring substituents is 1. The third-order valence-corrected chi connectivity index (χ3v) is 4.27. The van der Waals surface area contributed by atoms with E-state index in [1.165, 1.54) is 18.2 Å². The van der Waals surface area contributed by atoms with Gasteiger partial charge in [-0.3, -0.25) is 19.7 Å². The minimum absolute atomic E-state index is 0.0174. The van der Waals surface area contributed by atoms with Crippen molar-refractivity contribution in [3.63, 3.8) is 0 Å². The smallest absolute Gasteiger partial charge is 0.290 e. The SMILES string of the molecule is CCc1ccccc1NC(=O)C1=CC(=O)CC(c2cccc([N+](=O)[O-])c2)O1. The van der Waals surface area contributed by atoms with Gasteiger partial charge in [0.25, 0.3) is 11.6 Å². The number of carbonyl (C=O) groups is 2. The Hall–Kier alpha value is -3.48. The highest BCUT2D eigenvalue weighted by Crippen LogP contribution is 2.31. The van der Waals surface area contributed by atoms with Crippen molar-refractivity contribution in [2.24, 2.45) is 0 Å². The largest absolute Gasteiger partial charge is 0.479 e. The molecule has 138 valence electrons. The second kappa shape index (κ2) is 7.82. The average Bonchev–Trinajstić information content (AvgIpc) is 2.68. The Morgan fingerprint density at radius 1 is 1.26 bits per heavy atom. The van der Waals surface area contributed by atoms with Gasteiger partial charge in [-0.2, -0.15) is 0 Å². The highest BCUT2D eigenvalue weighted by atomic mass is 16.6. The van der Waals surface area contributed by atoms with Gasteiger partial charge in [-0.25, -0.2) is 0 Å². The molecule has 0 bridgehead atoms. The van der Waals surface area contributed by atoms with Crippen LogP contribution in [0.5, 0.6) is 0 Å². The van der Waals surface area contributed by atoms with E-state index >= 15 is 0 Å². The van der Waals surface area contributed by atoms with E-state index in [0.717, 1.165) is 18.1 Å². The molecule has 1 aliphatic rings. The fourth-order valence-electron chi connectivity index (χ4n) is 2.89. The molecule has 2 aromatic carbocycles. The quantitative estimate of drug-likeness (QED) is 0.642. The summed E-state index contributed by atoms with van der Waals surface area (Å²) in [4.78, 5) is 35.1. The Morgan fingerprint density at radius 3 is 2.78 bits per heavy atom. The minimum atomic E-state index is -0.746. The number of anilines is 1. The Labute approximate surface area is 155 Å². The first kappa shape index (κ1) is 18.3. The lowest BCUT2D eigenvalue weighted by Gasteiger charge is -2.24. The molecule has 0 saturated heterocycles. The molecular formula is C20H18N2O5. The lowest BCUT2D eigenvalue weighted by atomic mass is 10.0. The van der Waals surface area contributed by atoms with Gasteiger partial charge < -0.3 is 10.1 Å². The molecule has 3 rings (SSSR count). The van der Waals surface area contributed by atoms with Crippen LogP contribution in [0.25, 0.3) is 0 Å². The van der Waals surface area contributed by atoms with Gasteiger partial charge in [-0.05, 0) is 23.6 Å². The lowest BCUT2D eigenvalue weighted by molar-refractivity contribution is -0.385. The number of benzene rings is 2. The molecule has 1 amide bonds. The summed E-state index contributed by atoms with van der Waals surface area (Å²) in [6, 6.07) is 13.2. The molecule has 27 heavy (non-hydrogen) atoms. The van der Waals surface area contributed by atoms with E-state index < -0.39 is 16.9 Å². The summed E-state index contributed by atoms with van der Waals surface area (Å²) in [5, 5.41) is 13.7. The third-order valence-electron chi connectivity index (χ3n) is 4.27. The molecule has 1 atom stereocenters. The number of nitrogens with zero attached hydrogens (tertiary/aromatic N) is 1. The van der Waals surface area contributed by atoms with Gasteiger partial charge >= 0.3 is 0 Å². The van der Waals surface area contributed by atoms with E-state index in [4.69, 9.17) is 4.74 Å². The van der Waals surface area contributed by atoms with Crippen molar-refractivity contribution in [2.45, 2.75) is 25.9 Å². The van der Waals surface area contributed by atoms with Gasteiger partial charge in [0.15, 0.2) is 11.5 Å². The fourth-order valence-corrected chi connectivity index (χ4v) is 2.89. The van der Waals surface area contributed by atoms with Gasteiger partial charge in [0.1, 0.15) is 6.10 Å². The number of non-ortho nitro benzene ring substituents is 1. The fraction of sp³-hybridized carbons (Fsp3) is 0.200. The van der Waals surface area contributed by atoms with Crippen LogP contribution in [0.3, 0.4) is 0 Å². The Bertz CT molecular complexity index is 935. The van der Waals surface area contributed by atoms with Gasteiger partial charge in [-0.1, -0.05) is 37.3 Å². The van der Waals surface area contributed by atoms with Crippen LogP contribution >= 0.6 is 0 Å². The predicted molar refractivity (Wildman–Crippen MR) is 99.1 cm³/mol. The zero-order valence-electron chi connectivity index (χ0n) is 14.7. The van der Waals surface area contributed by atoms with Crippen LogP contribution in [0.15, 0.2) is 60.4 Å². The van der Waals surface area contributed by atoms with E-state index in [-0.39, 0.29) is 23.7 Å². The van der Waals surface area contributed by atoms with Crippen LogP contribution < -0.4 is 5.32 Å². The maximum Gasteiger partial charge on any atom is 0.290 e. The number of hydrogen-bond donors (Lipinski definition) is 1. The van der Waals surface area contributed by atoms with Crippen LogP contribution in [0.2, 0.25) is 0 Å². The topological polar surface area (TPSA) is 98.5 Å². The van der Waals surface area contributed by atoms with E-state index in [0.29, 0.717) is 11.3 Å². The van der Waals surface area contributed by atoms with Gasteiger partial charge in [0, 0.05) is 23.9 Å². The van der Waals surface area contributed by atoms with Crippen LogP contribution in [0, 0.1) is 10.1 Å². The molecule has 0 saturated carbocycles. The van der Waals surface area contributed by atoms with E-state index in [1.807, 2.05) is 25.1 Å². The second-order valence-corrected chi connectivity index (χ2v) is 6.10. The maximum absolute atomic E-state index is 12.6. The van der Waals surface area contributed by atoms with Crippen molar-refractivity contribution in [1.82, 2.24) is 0 Å². The Kier molecular flexibility index (Phi) is 5.30. The van der Waals surface area contributed by atoms with Crippen LogP contribution in [-0.4, -0.2) is 16.6 Å². The molecule has 0 spiro atoms. The molecular weight excluding hydrogens is 348 g/mol. The number of ether oxygens (including phenoxy) is 1. The molecule has 0 aliphatic carbocycles. The zero-order valence-corrected chi connectivity index (χ0v) is 14.7. The first-order valence-electron chi connectivity index (χ1n) is 8.52. The summed E-state index contributed by atoms with van der Waals surface area (Å²) in [5.74, 6) is -0.903. The molecule has 0 radical (unpaired) electrons. The molecule has 7 nitrogen and oxygen atoms in total. The minimum Gasteiger partial charge on any atom is -0.479 e. The van der Waals surface area contributed by atoms with Crippen molar-refractivity contribution >= 4 is 23.1 Å². The number of hydrogen-bond acceptors (Lipinski definition) is 5. The second-order valence-electron chi connectivity index (χ2n) is 6.10. The van der Waals surface area contributed by atoms with E-state index in [9.17, 15) is 19.7 Å². The summed E-state index contributed by atoms with van der Waals surface area (Å²) in [5.41, 5.74) is 1.99. The summed E-state index contributed by atoms with van der Waals surface area (Å²) >= 11 is 0. The Morgan fingerprint density at radius 2 is 2.04 bits per heavy atom. The molecule has 1 N–H and O–H groups in total. The van der Waals surface area contributed by atoms with Crippen molar-refractivity contribution in [2.75, 3.05) is 5.32 Å². The summed E-state index contributed by atoms with van der Waals surface area (Å²) < 4.78 is 5.69. The zero-order chi connectivity index (χ0) is 19.4. The summed E-state index contributed by atoms with van der Waals surface area (Å²) in [6.07, 6.45) is 1.18.